The van der Waals surface area contributed by atoms with E-state index in [4.69, 9.17) is 0 Å². The smallest absolute Gasteiger partial charge is 0.317 e. The zero-order chi connectivity index (χ0) is 17.6. The van der Waals surface area contributed by atoms with Gasteiger partial charge in [-0.1, -0.05) is 36.4 Å². The van der Waals surface area contributed by atoms with Crippen molar-refractivity contribution in [1.29, 1.82) is 0 Å². The van der Waals surface area contributed by atoms with Crippen LogP contribution in [-0.4, -0.2) is 34.1 Å². The predicted octanol–water partition coefficient (Wildman–Crippen LogP) is 3.83. The lowest BCUT2D eigenvalue weighted by atomic mass is 10.0. The van der Waals surface area contributed by atoms with Gasteiger partial charge in [-0.15, -0.1) is 0 Å². The quantitative estimate of drug-likeness (QED) is 0.744. The van der Waals surface area contributed by atoms with Gasteiger partial charge in [0.1, 0.15) is 0 Å². The molecule has 2 amide bonds. The summed E-state index contributed by atoms with van der Waals surface area (Å²) in [5, 5.41) is 5.47. The maximum absolute atomic E-state index is 12.4. The highest BCUT2D eigenvalue weighted by molar-refractivity contribution is 5.83. The second kappa shape index (κ2) is 7.83. The number of rotatable bonds is 6. The van der Waals surface area contributed by atoms with Gasteiger partial charge in [0, 0.05) is 32.5 Å². The number of benzene rings is 2. The molecule has 0 aliphatic rings. The molecule has 0 radical (unpaired) electrons. The fourth-order valence-corrected chi connectivity index (χ4v) is 2.87. The molecule has 0 aliphatic heterocycles. The van der Waals surface area contributed by atoms with E-state index >= 15 is 0 Å². The lowest BCUT2D eigenvalue weighted by Gasteiger charge is -2.22. The van der Waals surface area contributed by atoms with E-state index in [-0.39, 0.29) is 12.1 Å². The Bertz CT molecular complexity index is 829. The SMILES string of the molecule is C[C@@H](NC(=O)N(C)CCCn1ccnc1)c1ccc2ccccc2c1. The van der Waals surface area contributed by atoms with Gasteiger partial charge in [0.05, 0.1) is 12.4 Å². The molecule has 1 atom stereocenters. The van der Waals surface area contributed by atoms with Crippen molar-refractivity contribution in [2.24, 2.45) is 0 Å². The first-order chi connectivity index (χ1) is 12.1. The number of aromatic nitrogens is 2. The highest BCUT2D eigenvalue weighted by Gasteiger charge is 2.13. The molecule has 0 bridgehead atoms. The topological polar surface area (TPSA) is 50.2 Å². The monoisotopic (exact) mass is 336 g/mol. The Kier molecular flexibility index (Phi) is 5.33. The molecule has 0 spiro atoms. The van der Waals surface area contributed by atoms with Gasteiger partial charge in [0.25, 0.3) is 0 Å². The van der Waals surface area contributed by atoms with Crippen LogP contribution in [0.15, 0.2) is 61.2 Å². The third kappa shape index (κ3) is 4.38. The standard InChI is InChI=1S/C20H24N4O/c1-16(18-9-8-17-6-3-4-7-19(17)14-18)22-20(25)23(2)11-5-12-24-13-10-21-15-24/h3-4,6-10,13-16H,5,11-12H2,1-2H3,(H,22,25)/t16-/m1/s1. The van der Waals surface area contributed by atoms with Crippen molar-refractivity contribution in [2.75, 3.05) is 13.6 Å². The fourth-order valence-electron chi connectivity index (χ4n) is 2.87. The molecule has 3 rings (SSSR count). The van der Waals surface area contributed by atoms with Gasteiger partial charge in [-0.25, -0.2) is 9.78 Å². The maximum Gasteiger partial charge on any atom is 0.317 e. The van der Waals surface area contributed by atoms with Crippen LogP contribution in [-0.2, 0) is 6.54 Å². The van der Waals surface area contributed by atoms with E-state index in [1.807, 2.05) is 36.9 Å². The van der Waals surface area contributed by atoms with Crippen molar-refractivity contribution >= 4 is 16.8 Å². The van der Waals surface area contributed by atoms with Crippen molar-refractivity contribution in [3.8, 4) is 0 Å². The molecule has 0 aliphatic carbocycles. The number of carbonyl (C=O) groups excluding carboxylic acids is 1. The number of hydrogen-bond donors (Lipinski definition) is 1. The number of fused-ring (bicyclic) bond motifs is 1. The van der Waals surface area contributed by atoms with Gasteiger partial charge in [0.2, 0.25) is 0 Å². The lowest BCUT2D eigenvalue weighted by Crippen LogP contribution is -2.39. The molecule has 0 fully saturated rings. The highest BCUT2D eigenvalue weighted by atomic mass is 16.2. The van der Waals surface area contributed by atoms with E-state index in [9.17, 15) is 4.79 Å². The summed E-state index contributed by atoms with van der Waals surface area (Å²) < 4.78 is 2.02. The first kappa shape index (κ1) is 17.0. The lowest BCUT2D eigenvalue weighted by molar-refractivity contribution is 0.204. The Morgan fingerprint density at radius 1 is 1.24 bits per heavy atom. The number of urea groups is 1. The average molecular weight is 336 g/mol. The normalized spacial score (nSPS) is 12.1. The van der Waals surface area contributed by atoms with Crippen molar-refractivity contribution in [1.82, 2.24) is 19.8 Å². The van der Waals surface area contributed by atoms with Crippen molar-refractivity contribution < 1.29 is 4.79 Å². The van der Waals surface area contributed by atoms with E-state index in [1.54, 1.807) is 17.4 Å². The summed E-state index contributed by atoms with van der Waals surface area (Å²) >= 11 is 0. The van der Waals surface area contributed by atoms with Crippen LogP contribution in [0, 0.1) is 0 Å². The Morgan fingerprint density at radius 3 is 2.80 bits per heavy atom. The van der Waals surface area contributed by atoms with Crippen LogP contribution in [0.1, 0.15) is 24.9 Å². The number of nitrogens with one attached hydrogen (secondary N) is 1. The number of aryl methyl sites for hydroxylation is 1. The van der Waals surface area contributed by atoms with Crippen molar-refractivity contribution in [3.05, 3.63) is 66.7 Å². The molecule has 1 aromatic heterocycles. The summed E-state index contributed by atoms with van der Waals surface area (Å²) in [5.74, 6) is 0. The molecule has 2 aromatic carbocycles. The predicted molar refractivity (Wildman–Crippen MR) is 100 cm³/mol. The van der Waals surface area contributed by atoms with Crippen LogP contribution in [0.25, 0.3) is 10.8 Å². The van der Waals surface area contributed by atoms with Gasteiger partial charge >= 0.3 is 6.03 Å². The van der Waals surface area contributed by atoms with Crippen LogP contribution in [0.4, 0.5) is 4.79 Å². The van der Waals surface area contributed by atoms with Gasteiger partial charge in [-0.2, -0.15) is 0 Å². The molecule has 130 valence electrons. The minimum Gasteiger partial charge on any atom is -0.337 e. The molecule has 0 saturated carbocycles. The van der Waals surface area contributed by atoms with Crippen LogP contribution < -0.4 is 5.32 Å². The molecule has 5 nitrogen and oxygen atoms in total. The number of amides is 2. The minimum absolute atomic E-state index is 0.0341. The third-order valence-electron chi connectivity index (χ3n) is 4.43. The van der Waals surface area contributed by atoms with E-state index < -0.39 is 0 Å². The van der Waals surface area contributed by atoms with Gasteiger partial charge < -0.3 is 14.8 Å². The molecule has 3 aromatic rings. The molecule has 0 unspecified atom stereocenters. The molecule has 25 heavy (non-hydrogen) atoms. The Hall–Kier alpha value is -2.82. The summed E-state index contributed by atoms with van der Waals surface area (Å²) in [6.45, 7) is 3.58. The second-order valence-corrected chi connectivity index (χ2v) is 6.35. The Labute approximate surface area is 148 Å². The summed E-state index contributed by atoms with van der Waals surface area (Å²) in [6, 6.07) is 14.5. The summed E-state index contributed by atoms with van der Waals surface area (Å²) in [5.41, 5.74) is 1.11. The second-order valence-electron chi connectivity index (χ2n) is 6.35. The first-order valence-electron chi connectivity index (χ1n) is 8.59. The van der Waals surface area contributed by atoms with Crippen molar-refractivity contribution in [3.63, 3.8) is 0 Å². The molecule has 1 N–H and O–H groups in total. The molecular weight excluding hydrogens is 312 g/mol. The van der Waals surface area contributed by atoms with Crippen molar-refractivity contribution in [2.45, 2.75) is 25.9 Å². The largest absolute Gasteiger partial charge is 0.337 e. The van der Waals surface area contributed by atoms with Crippen LogP contribution in [0.5, 0.6) is 0 Å². The molecular formula is C20H24N4O. The van der Waals surface area contributed by atoms with Crippen LogP contribution >= 0.6 is 0 Å². The summed E-state index contributed by atoms with van der Waals surface area (Å²) in [6.07, 6.45) is 6.38. The number of hydrogen-bond acceptors (Lipinski definition) is 2. The Balaban J connectivity index is 1.53. The molecule has 0 saturated heterocycles. The fraction of sp³-hybridized carbons (Fsp3) is 0.300. The summed E-state index contributed by atoms with van der Waals surface area (Å²) in [4.78, 5) is 18.1. The van der Waals surface area contributed by atoms with E-state index in [0.29, 0.717) is 6.54 Å². The Morgan fingerprint density at radius 2 is 2.04 bits per heavy atom. The number of nitrogens with zero attached hydrogens (tertiary/aromatic N) is 3. The zero-order valence-electron chi connectivity index (χ0n) is 14.7. The van der Waals surface area contributed by atoms with Gasteiger partial charge in [0.15, 0.2) is 0 Å². The van der Waals surface area contributed by atoms with Crippen LogP contribution in [0.2, 0.25) is 0 Å². The van der Waals surface area contributed by atoms with Gasteiger partial charge in [-0.05, 0) is 35.7 Å². The zero-order valence-corrected chi connectivity index (χ0v) is 14.7. The first-order valence-corrected chi connectivity index (χ1v) is 8.59. The average Bonchev–Trinajstić information content (AvgIpc) is 3.14. The third-order valence-corrected chi connectivity index (χ3v) is 4.43. The number of carbonyl (C=O) groups is 1. The van der Waals surface area contributed by atoms with Crippen LogP contribution in [0.3, 0.4) is 0 Å². The van der Waals surface area contributed by atoms with E-state index in [0.717, 1.165) is 18.5 Å². The summed E-state index contributed by atoms with van der Waals surface area (Å²) in [7, 11) is 1.83. The minimum atomic E-state index is -0.0497. The van der Waals surface area contributed by atoms with E-state index in [1.165, 1.54) is 10.8 Å². The highest BCUT2D eigenvalue weighted by Crippen LogP contribution is 2.20. The van der Waals surface area contributed by atoms with E-state index in [2.05, 4.69) is 40.6 Å². The number of imidazole rings is 1. The van der Waals surface area contributed by atoms with Gasteiger partial charge in [-0.3, -0.25) is 0 Å². The molecule has 5 heteroatoms. The maximum atomic E-state index is 12.4. The molecule has 1 heterocycles.